The van der Waals surface area contributed by atoms with Crippen LogP contribution < -0.4 is 0 Å². The number of nitriles is 1. The lowest BCUT2D eigenvalue weighted by Crippen LogP contribution is -2.25. The average Bonchev–Trinajstić information content (AvgIpc) is 3.02. The summed E-state index contributed by atoms with van der Waals surface area (Å²) in [7, 11) is 0. The van der Waals surface area contributed by atoms with Crippen molar-refractivity contribution >= 4 is 0 Å². The van der Waals surface area contributed by atoms with Gasteiger partial charge in [0.2, 0.25) is 0 Å². The first-order valence-electron chi connectivity index (χ1n) is 8.31. The molecule has 1 aliphatic carbocycles. The number of fused-ring (bicyclic) bond motifs is 1. The minimum Gasteiger partial charge on any atom is -0.259 e. The van der Waals surface area contributed by atoms with Crippen molar-refractivity contribution in [3.05, 3.63) is 89.7 Å². The van der Waals surface area contributed by atoms with Crippen molar-refractivity contribution in [1.29, 1.82) is 5.26 Å². The molecule has 24 heavy (non-hydrogen) atoms. The summed E-state index contributed by atoms with van der Waals surface area (Å²) in [6.07, 6.45) is 4.32. The maximum Gasteiger partial charge on any atom is 0.104 e. The Hall–Kier alpha value is -2.92. The topological polar surface area (TPSA) is 36.7 Å². The fraction of sp³-hybridized carbons (Fsp3) is 0.182. The summed E-state index contributed by atoms with van der Waals surface area (Å²) in [5.41, 5.74) is 5.30. The van der Waals surface area contributed by atoms with Crippen LogP contribution >= 0.6 is 0 Å². The molecule has 1 unspecified atom stereocenters. The number of benzene rings is 2. The molecule has 116 valence electrons. The van der Waals surface area contributed by atoms with Crippen molar-refractivity contribution < 1.29 is 0 Å². The van der Waals surface area contributed by atoms with Crippen molar-refractivity contribution in [1.82, 2.24) is 4.98 Å². The summed E-state index contributed by atoms with van der Waals surface area (Å²) in [6, 6.07) is 25.3. The predicted octanol–water partition coefficient (Wildman–Crippen LogP) is 4.70. The quantitative estimate of drug-likeness (QED) is 0.703. The van der Waals surface area contributed by atoms with Crippen LogP contribution in [0.3, 0.4) is 0 Å². The van der Waals surface area contributed by atoms with Gasteiger partial charge in [0.25, 0.3) is 0 Å². The Morgan fingerprint density at radius 3 is 2.38 bits per heavy atom. The number of hydrogen-bond acceptors (Lipinski definition) is 2. The van der Waals surface area contributed by atoms with E-state index in [-0.39, 0.29) is 0 Å². The molecule has 0 saturated carbocycles. The maximum absolute atomic E-state index is 10.00. The number of aromatic nitrogens is 1. The van der Waals surface area contributed by atoms with Crippen molar-refractivity contribution in [2.24, 2.45) is 0 Å². The molecule has 0 fully saturated rings. The Kier molecular flexibility index (Phi) is 3.63. The minimum atomic E-state index is -0.512. The first-order valence-corrected chi connectivity index (χ1v) is 8.31. The molecule has 0 spiro atoms. The van der Waals surface area contributed by atoms with Crippen LogP contribution in [0.2, 0.25) is 0 Å². The van der Waals surface area contributed by atoms with Crippen LogP contribution in [0, 0.1) is 11.3 Å². The van der Waals surface area contributed by atoms with Gasteiger partial charge in [0.15, 0.2) is 0 Å². The zero-order valence-electron chi connectivity index (χ0n) is 13.4. The van der Waals surface area contributed by atoms with E-state index in [1.807, 2.05) is 30.5 Å². The SMILES string of the molecule is N#CC1(Cc2ccccc2)CCc2c(-c3ccccc3)ccnc21. The standard InChI is InChI=1S/C22H18N2/c23-16-22(15-17-7-3-1-4-8-17)13-11-20-19(12-14-24-21(20)22)18-9-5-2-6-10-18/h1-10,12,14H,11,13,15H2. The van der Waals surface area contributed by atoms with E-state index in [0.29, 0.717) is 0 Å². The normalized spacial score (nSPS) is 18.8. The van der Waals surface area contributed by atoms with Crippen LogP contribution in [0.5, 0.6) is 0 Å². The average molecular weight is 310 g/mol. The number of rotatable bonds is 3. The van der Waals surface area contributed by atoms with E-state index in [1.54, 1.807) is 0 Å². The Bertz CT molecular complexity index is 894. The minimum absolute atomic E-state index is 0.512. The third-order valence-corrected chi connectivity index (χ3v) is 4.96. The van der Waals surface area contributed by atoms with Gasteiger partial charge < -0.3 is 0 Å². The van der Waals surface area contributed by atoms with E-state index in [2.05, 4.69) is 53.5 Å². The summed E-state index contributed by atoms with van der Waals surface area (Å²) in [4.78, 5) is 4.64. The van der Waals surface area contributed by atoms with Gasteiger partial charge >= 0.3 is 0 Å². The van der Waals surface area contributed by atoms with Crippen molar-refractivity contribution in [3.8, 4) is 17.2 Å². The lowest BCUT2D eigenvalue weighted by atomic mass is 9.80. The number of pyridine rings is 1. The van der Waals surface area contributed by atoms with Gasteiger partial charge in [0, 0.05) is 6.20 Å². The fourth-order valence-electron chi connectivity index (χ4n) is 3.77. The molecule has 0 N–H and O–H groups in total. The predicted molar refractivity (Wildman–Crippen MR) is 95.4 cm³/mol. The Labute approximate surface area is 142 Å². The number of hydrogen-bond donors (Lipinski definition) is 0. The third kappa shape index (κ3) is 2.39. The highest BCUT2D eigenvalue weighted by atomic mass is 14.7. The Morgan fingerprint density at radius 1 is 0.958 bits per heavy atom. The molecular weight excluding hydrogens is 292 g/mol. The molecular formula is C22H18N2. The van der Waals surface area contributed by atoms with Crippen LogP contribution in [0.25, 0.3) is 11.1 Å². The van der Waals surface area contributed by atoms with Crippen molar-refractivity contribution in [2.75, 3.05) is 0 Å². The smallest absolute Gasteiger partial charge is 0.104 e. The molecule has 3 aromatic rings. The van der Waals surface area contributed by atoms with E-state index in [4.69, 9.17) is 0 Å². The molecule has 0 aliphatic heterocycles. The van der Waals surface area contributed by atoms with E-state index >= 15 is 0 Å². The first kappa shape index (κ1) is 14.7. The highest BCUT2D eigenvalue weighted by Crippen LogP contribution is 2.43. The molecule has 1 atom stereocenters. The fourth-order valence-corrected chi connectivity index (χ4v) is 3.77. The van der Waals surface area contributed by atoms with Gasteiger partial charge in [-0.1, -0.05) is 60.7 Å². The second kappa shape index (κ2) is 5.94. The molecule has 0 amide bonds. The monoisotopic (exact) mass is 310 g/mol. The molecule has 0 bridgehead atoms. The van der Waals surface area contributed by atoms with Crippen LogP contribution in [-0.2, 0) is 18.3 Å². The molecule has 2 heteroatoms. The van der Waals surface area contributed by atoms with Crippen LogP contribution in [0.1, 0.15) is 23.2 Å². The largest absolute Gasteiger partial charge is 0.259 e. The first-order chi connectivity index (χ1) is 11.8. The second-order valence-electron chi connectivity index (χ2n) is 6.41. The molecule has 2 nitrogen and oxygen atoms in total. The highest BCUT2D eigenvalue weighted by molar-refractivity contribution is 5.70. The van der Waals surface area contributed by atoms with E-state index < -0.39 is 5.41 Å². The lowest BCUT2D eigenvalue weighted by Gasteiger charge is -2.21. The molecule has 0 radical (unpaired) electrons. The molecule has 1 aromatic heterocycles. The number of nitrogens with zero attached hydrogens (tertiary/aromatic N) is 2. The highest BCUT2D eigenvalue weighted by Gasteiger charge is 2.41. The van der Waals surface area contributed by atoms with Crippen LogP contribution in [-0.4, -0.2) is 4.98 Å². The van der Waals surface area contributed by atoms with E-state index in [1.165, 1.54) is 22.3 Å². The molecule has 1 heterocycles. The van der Waals surface area contributed by atoms with E-state index in [0.717, 1.165) is 25.0 Å². The summed E-state index contributed by atoms with van der Waals surface area (Å²) in [5, 5.41) is 10.00. The second-order valence-corrected chi connectivity index (χ2v) is 6.41. The third-order valence-electron chi connectivity index (χ3n) is 4.96. The van der Waals surface area contributed by atoms with Gasteiger partial charge in [-0.3, -0.25) is 4.98 Å². The Balaban J connectivity index is 1.80. The molecule has 4 rings (SSSR count). The van der Waals surface area contributed by atoms with Crippen molar-refractivity contribution in [3.63, 3.8) is 0 Å². The summed E-state index contributed by atoms with van der Waals surface area (Å²) < 4.78 is 0. The van der Waals surface area contributed by atoms with Gasteiger partial charge in [-0.05, 0) is 47.6 Å². The van der Waals surface area contributed by atoms with Gasteiger partial charge in [-0.25, -0.2) is 0 Å². The molecule has 0 saturated heterocycles. The van der Waals surface area contributed by atoms with Gasteiger partial charge in [-0.15, -0.1) is 0 Å². The van der Waals surface area contributed by atoms with Gasteiger partial charge in [-0.2, -0.15) is 5.26 Å². The zero-order chi connectivity index (χ0) is 16.4. The van der Waals surface area contributed by atoms with Crippen LogP contribution in [0.4, 0.5) is 0 Å². The van der Waals surface area contributed by atoms with E-state index in [9.17, 15) is 5.26 Å². The Morgan fingerprint density at radius 2 is 1.67 bits per heavy atom. The van der Waals surface area contributed by atoms with Gasteiger partial charge in [0.1, 0.15) is 5.41 Å². The van der Waals surface area contributed by atoms with Crippen LogP contribution in [0.15, 0.2) is 72.9 Å². The zero-order valence-corrected chi connectivity index (χ0v) is 13.4. The maximum atomic E-state index is 10.00. The summed E-state index contributed by atoms with van der Waals surface area (Å²) in [5.74, 6) is 0. The van der Waals surface area contributed by atoms with Gasteiger partial charge in [0.05, 0.1) is 11.8 Å². The van der Waals surface area contributed by atoms with Crippen molar-refractivity contribution in [2.45, 2.75) is 24.7 Å². The summed E-state index contributed by atoms with van der Waals surface area (Å²) in [6.45, 7) is 0. The summed E-state index contributed by atoms with van der Waals surface area (Å²) >= 11 is 0. The lowest BCUT2D eigenvalue weighted by molar-refractivity contribution is 0.528. The molecule has 2 aromatic carbocycles. The molecule has 1 aliphatic rings.